The molecular weight excluding hydrogens is 799 g/mol. The molecule has 0 aliphatic rings. The third-order valence-corrected chi connectivity index (χ3v) is 17.3. The SMILES string of the molecule is CCc1cc2c(-c3cc4ccccc4c4ccccc34)cccc2[cH-]1.CCc1cc2c(-c3cc4ccccc4c4ccccc34)cccc2[cH-]1.C[C](C)=[Zr]([Cl])[Cl]. The molecule has 10 aromatic carbocycles. The molecule has 3 heteroatoms. The van der Waals surface area contributed by atoms with Crippen molar-refractivity contribution >= 4 is 84.9 Å². The van der Waals surface area contributed by atoms with E-state index in [-0.39, 0.29) is 0 Å². The second-order valence-corrected chi connectivity index (χ2v) is 24.0. The van der Waals surface area contributed by atoms with Gasteiger partial charge in [0.1, 0.15) is 0 Å². The van der Waals surface area contributed by atoms with Gasteiger partial charge < -0.3 is 0 Å². The summed E-state index contributed by atoms with van der Waals surface area (Å²) in [5, 5.41) is 16.0. The van der Waals surface area contributed by atoms with Crippen LogP contribution in [0.3, 0.4) is 0 Å². The van der Waals surface area contributed by atoms with Gasteiger partial charge >= 0.3 is 53.0 Å². The van der Waals surface area contributed by atoms with Gasteiger partial charge in [-0.3, -0.25) is 0 Å². The van der Waals surface area contributed by atoms with Crippen LogP contribution in [0.2, 0.25) is 0 Å². The van der Waals surface area contributed by atoms with E-state index in [0.29, 0.717) is 0 Å². The van der Waals surface area contributed by atoms with Crippen LogP contribution < -0.4 is 0 Å². The molecule has 0 saturated heterocycles. The topological polar surface area (TPSA) is 0 Å². The molecule has 276 valence electrons. The fourth-order valence-corrected chi connectivity index (χ4v) is 8.03. The minimum atomic E-state index is -1.84. The van der Waals surface area contributed by atoms with Gasteiger partial charge in [0.15, 0.2) is 0 Å². The van der Waals surface area contributed by atoms with Crippen molar-refractivity contribution in [2.24, 2.45) is 0 Å². The molecule has 0 amide bonds. The quantitative estimate of drug-likeness (QED) is 0.122. The van der Waals surface area contributed by atoms with Crippen molar-refractivity contribution in [1.82, 2.24) is 0 Å². The molecule has 0 saturated carbocycles. The molecule has 0 N–H and O–H groups in total. The summed E-state index contributed by atoms with van der Waals surface area (Å²) in [5.74, 6) is 0. The summed E-state index contributed by atoms with van der Waals surface area (Å²) in [7, 11) is 11.1. The second-order valence-electron chi connectivity index (χ2n) is 14.7. The summed E-state index contributed by atoms with van der Waals surface area (Å²) in [6.07, 6.45) is 2.15. The van der Waals surface area contributed by atoms with Crippen molar-refractivity contribution in [3.63, 3.8) is 0 Å². The third-order valence-electron chi connectivity index (χ3n) is 10.9. The van der Waals surface area contributed by atoms with Crippen molar-refractivity contribution < 1.29 is 18.9 Å². The maximum atomic E-state index is 5.54. The van der Waals surface area contributed by atoms with Gasteiger partial charge in [-0.15, -0.1) is 69.1 Å². The first-order chi connectivity index (χ1) is 27.3. The molecule has 0 heterocycles. The number of hydrogen-bond acceptors (Lipinski definition) is 0. The van der Waals surface area contributed by atoms with Crippen LogP contribution in [0.4, 0.5) is 0 Å². The average molecular weight is 843 g/mol. The van der Waals surface area contributed by atoms with Crippen molar-refractivity contribution in [2.75, 3.05) is 0 Å². The molecule has 0 atom stereocenters. The van der Waals surface area contributed by atoms with E-state index in [0.717, 1.165) is 12.8 Å². The maximum absolute atomic E-state index is 5.54. The Bertz CT molecular complexity index is 2830. The zero-order chi connectivity index (χ0) is 38.8. The van der Waals surface area contributed by atoms with Crippen molar-refractivity contribution in [2.45, 2.75) is 40.5 Å². The van der Waals surface area contributed by atoms with E-state index < -0.39 is 18.9 Å². The molecule has 0 spiro atoms. The molecule has 0 nitrogen and oxygen atoms in total. The number of halogens is 2. The first kappa shape index (κ1) is 38.2. The Kier molecular flexibility index (Phi) is 11.5. The molecule has 0 aliphatic carbocycles. The van der Waals surface area contributed by atoms with Crippen LogP contribution in [-0.2, 0) is 31.7 Å². The number of benzene rings is 8. The van der Waals surface area contributed by atoms with Crippen molar-refractivity contribution in [1.29, 1.82) is 0 Å². The molecule has 56 heavy (non-hydrogen) atoms. The molecule has 10 rings (SSSR count). The van der Waals surface area contributed by atoms with Gasteiger partial charge in [-0.25, -0.2) is 0 Å². The van der Waals surface area contributed by atoms with E-state index in [9.17, 15) is 0 Å². The summed E-state index contributed by atoms with van der Waals surface area (Å²) in [6, 6.07) is 62.3. The Morgan fingerprint density at radius 3 is 1.14 bits per heavy atom. The van der Waals surface area contributed by atoms with Crippen LogP contribution in [-0.4, -0.2) is 3.21 Å². The molecule has 0 unspecified atom stereocenters. The minimum absolute atomic E-state index is 1.08. The van der Waals surface area contributed by atoms with Crippen LogP contribution in [0.15, 0.2) is 170 Å². The summed E-state index contributed by atoms with van der Waals surface area (Å²) in [6.45, 7) is 8.40. The van der Waals surface area contributed by atoms with E-state index in [1.807, 2.05) is 13.8 Å². The zero-order valence-electron chi connectivity index (χ0n) is 32.3. The summed E-state index contributed by atoms with van der Waals surface area (Å²) in [4.78, 5) is 0. The monoisotopic (exact) mass is 840 g/mol. The van der Waals surface area contributed by atoms with E-state index >= 15 is 0 Å². The summed E-state index contributed by atoms with van der Waals surface area (Å²) in [5.41, 5.74) is 8.14. The first-order valence-electron chi connectivity index (χ1n) is 19.5. The molecular formula is C53H44Cl2Zr-2. The van der Waals surface area contributed by atoms with Crippen LogP contribution in [0.5, 0.6) is 0 Å². The Morgan fingerprint density at radius 2 is 0.768 bits per heavy atom. The van der Waals surface area contributed by atoms with Gasteiger partial charge in [-0.2, -0.15) is 12.1 Å². The Hall–Kier alpha value is -4.65. The predicted molar refractivity (Wildman–Crippen MR) is 247 cm³/mol. The Morgan fingerprint density at radius 1 is 0.411 bits per heavy atom. The van der Waals surface area contributed by atoms with E-state index in [4.69, 9.17) is 17.0 Å². The van der Waals surface area contributed by atoms with E-state index in [2.05, 4.69) is 184 Å². The third kappa shape index (κ3) is 7.58. The fraction of sp³-hybridized carbons (Fsp3) is 0.113. The normalized spacial score (nSPS) is 11.2. The van der Waals surface area contributed by atoms with Gasteiger partial charge in [0.2, 0.25) is 0 Å². The number of rotatable bonds is 4. The molecule has 0 aliphatic heterocycles. The summed E-state index contributed by atoms with van der Waals surface area (Å²) < 4.78 is 1.24. The summed E-state index contributed by atoms with van der Waals surface area (Å²) >= 11 is -1.84. The fourth-order valence-electron chi connectivity index (χ4n) is 8.03. The van der Waals surface area contributed by atoms with E-state index in [1.165, 1.54) is 101 Å². The van der Waals surface area contributed by atoms with Gasteiger partial charge in [0.05, 0.1) is 0 Å². The van der Waals surface area contributed by atoms with Gasteiger partial charge in [0, 0.05) is 0 Å². The number of hydrogen-bond donors (Lipinski definition) is 0. The Labute approximate surface area is 344 Å². The molecule has 0 aromatic heterocycles. The number of fused-ring (bicyclic) bond motifs is 8. The van der Waals surface area contributed by atoms with Crippen LogP contribution >= 0.6 is 17.0 Å². The van der Waals surface area contributed by atoms with Crippen LogP contribution in [0.1, 0.15) is 38.8 Å². The van der Waals surface area contributed by atoms with Gasteiger partial charge in [-0.05, 0) is 79.2 Å². The van der Waals surface area contributed by atoms with Crippen molar-refractivity contribution in [3.8, 4) is 22.3 Å². The standard InChI is InChI=1S/2C25H19.C3H6.2ClH.Zr/c2*1-2-17-14-18-9-7-13-23(24(18)15-17)25-16-19-8-3-4-10-20(19)21-11-5-6-12-22(21)25;1-3-2;;;/h2*3-16H,2H2,1H3;1-2H3;2*1H;/q2*-1;;;;+2/p-2. The average Bonchev–Trinajstić information content (AvgIpc) is 3.88. The van der Waals surface area contributed by atoms with E-state index in [1.54, 1.807) is 0 Å². The molecule has 0 radical (unpaired) electrons. The second kappa shape index (κ2) is 16.8. The van der Waals surface area contributed by atoms with Crippen LogP contribution in [0, 0.1) is 0 Å². The van der Waals surface area contributed by atoms with Gasteiger partial charge in [0.25, 0.3) is 0 Å². The molecule has 0 bridgehead atoms. The van der Waals surface area contributed by atoms with Crippen molar-refractivity contribution in [3.05, 3.63) is 181 Å². The Balaban J connectivity index is 0.000000138. The predicted octanol–water partition coefficient (Wildman–Crippen LogP) is 16.3. The number of aryl methyl sites for hydroxylation is 2. The zero-order valence-corrected chi connectivity index (χ0v) is 36.3. The molecule has 0 fully saturated rings. The van der Waals surface area contributed by atoms with Gasteiger partial charge in [-0.1, -0.05) is 134 Å². The first-order valence-corrected chi connectivity index (χ1v) is 27.1. The molecule has 10 aromatic rings. The van der Waals surface area contributed by atoms with Crippen LogP contribution in [0.25, 0.3) is 86.9 Å².